The van der Waals surface area contributed by atoms with E-state index in [-0.39, 0.29) is 48.0 Å². The van der Waals surface area contributed by atoms with Crippen molar-refractivity contribution in [3.8, 4) is 28.7 Å². The number of rotatable bonds is 10. The smallest absolute Gasteiger partial charge is 0.309 e. The van der Waals surface area contributed by atoms with Gasteiger partial charge in [-0.1, -0.05) is 95.6 Å². The van der Waals surface area contributed by atoms with Crippen LogP contribution in [0.2, 0.25) is 0 Å². The molecular weight excluding hydrogens is 630 g/mol. The summed E-state index contributed by atoms with van der Waals surface area (Å²) >= 11 is 0. The Morgan fingerprint density at radius 2 is 0.940 bits per heavy atom. The van der Waals surface area contributed by atoms with Crippen LogP contribution in [0.4, 0.5) is 17.1 Å². The number of nitrogens with zero attached hydrogens (tertiary/aromatic N) is 1. The zero-order valence-electron chi connectivity index (χ0n) is 27.6. The number of hydrogen-bond acceptors (Lipinski definition) is 6. The molecule has 254 valence electrons. The van der Waals surface area contributed by atoms with E-state index in [4.69, 9.17) is 0 Å². The third-order valence-electron chi connectivity index (χ3n) is 8.54. The maximum absolute atomic E-state index is 12.8. The molecule has 0 spiro atoms. The second kappa shape index (κ2) is 15.8. The van der Waals surface area contributed by atoms with Crippen molar-refractivity contribution in [2.75, 3.05) is 6.54 Å². The second-order valence-electron chi connectivity index (χ2n) is 12.1. The summed E-state index contributed by atoms with van der Waals surface area (Å²) in [6.07, 6.45) is 0.557. The SMILES string of the molecule is Cc1cc(Cc2ccc(O)cc2O)c([O-])c(Cc2ccc(O)cc2O)c1.O=C(O)CC[N+](c1ccccc1)(c1ccccc1)c1ccccc1. The number of aryl methyl sites for hydroxylation is 1. The highest BCUT2D eigenvalue weighted by atomic mass is 16.4. The zero-order chi connectivity index (χ0) is 35.7. The van der Waals surface area contributed by atoms with Gasteiger partial charge in [0.15, 0.2) is 0 Å². The number of aliphatic carboxylic acids is 1. The van der Waals surface area contributed by atoms with Crippen molar-refractivity contribution in [1.29, 1.82) is 0 Å². The van der Waals surface area contributed by atoms with Crippen LogP contribution in [0, 0.1) is 6.92 Å². The van der Waals surface area contributed by atoms with Crippen LogP contribution in [0.15, 0.2) is 140 Å². The molecule has 0 fully saturated rings. The fourth-order valence-electron chi connectivity index (χ4n) is 6.15. The molecule has 0 heterocycles. The monoisotopic (exact) mass is 669 g/mol. The molecule has 0 aliphatic heterocycles. The second-order valence-corrected chi connectivity index (χ2v) is 12.1. The number of carbonyl (C=O) groups is 1. The highest BCUT2D eigenvalue weighted by Crippen LogP contribution is 2.43. The predicted octanol–water partition coefficient (Wildman–Crippen LogP) is 8.20. The van der Waals surface area contributed by atoms with Crippen LogP contribution in [0.5, 0.6) is 28.7 Å². The topological polar surface area (TPSA) is 141 Å². The van der Waals surface area contributed by atoms with E-state index in [0.717, 1.165) is 22.6 Å². The number of benzene rings is 6. The minimum absolute atomic E-state index is 0.0404. The molecule has 0 saturated carbocycles. The van der Waals surface area contributed by atoms with Crippen molar-refractivity contribution in [3.05, 3.63) is 167 Å². The van der Waals surface area contributed by atoms with E-state index >= 15 is 0 Å². The van der Waals surface area contributed by atoms with Crippen LogP contribution in [0.3, 0.4) is 0 Å². The van der Waals surface area contributed by atoms with Gasteiger partial charge in [-0.25, -0.2) is 4.48 Å². The Kier molecular flexibility index (Phi) is 11.1. The lowest BCUT2D eigenvalue weighted by Crippen LogP contribution is -2.40. The van der Waals surface area contributed by atoms with Gasteiger partial charge < -0.3 is 30.6 Å². The number of aromatic hydroxyl groups is 4. The molecule has 0 radical (unpaired) electrons. The molecule has 0 atom stereocenters. The molecule has 0 aromatic heterocycles. The van der Waals surface area contributed by atoms with E-state index < -0.39 is 5.97 Å². The van der Waals surface area contributed by atoms with E-state index in [1.165, 1.54) is 24.3 Å². The number of carboxylic acids is 1. The molecule has 50 heavy (non-hydrogen) atoms. The number of phenols is 4. The lowest BCUT2D eigenvalue weighted by molar-refractivity contribution is -0.270. The van der Waals surface area contributed by atoms with Crippen molar-refractivity contribution >= 4 is 23.0 Å². The number of para-hydroxylation sites is 3. The summed E-state index contributed by atoms with van der Waals surface area (Å²) in [5.41, 5.74) is 6.20. The highest BCUT2D eigenvalue weighted by molar-refractivity contribution is 5.74. The Bertz CT molecular complexity index is 1880. The van der Waals surface area contributed by atoms with Crippen molar-refractivity contribution in [2.45, 2.75) is 26.2 Å². The molecule has 8 heteroatoms. The molecule has 0 aliphatic rings. The Balaban J connectivity index is 0.000000195. The molecule has 5 N–H and O–H groups in total. The first-order valence-electron chi connectivity index (χ1n) is 16.1. The molecule has 0 amide bonds. The largest absolute Gasteiger partial charge is 0.872 e. The van der Waals surface area contributed by atoms with Crippen molar-refractivity contribution in [1.82, 2.24) is 4.48 Å². The Hall–Kier alpha value is -6.25. The molecule has 0 saturated heterocycles. The van der Waals surface area contributed by atoms with Gasteiger partial charge in [0.25, 0.3) is 0 Å². The van der Waals surface area contributed by atoms with Crippen LogP contribution >= 0.6 is 0 Å². The van der Waals surface area contributed by atoms with Gasteiger partial charge in [0.1, 0.15) is 46.6 Å². The lowest BCUT2D eigenvalue weighted by Gasteiger charge is -2.37. The van der Waals surface area contributed by atoms with E-state index in [1.807, 2.05) is 61.5 Å². The van der Waals surface area contributed by atoms with Crippen molar-refractivity contribution in [3.63, 3.8) is 0 Å². The summed E-state index contributed by atoms with van der Waals surface area (Å²) < 4.78 is 0.384. The Morgan fingerprint density at radius 1 is 0.560 bits per heavy atom. The molecule has 6 aromatic carbocycles. The van der Waals surface area contributed by atoms with E-state index in [1.54, 1.807) is 24.3 Å². The summed E-state index contributed by atoms with van der Waals surface area (Å²) in [7, 11) is 0. The van der Waals surface area contributed by atoms with Gasteiger partial charge >= 0.3 is 5.97 Å². The maximum atomic E-state index is 12.8. The minimum Gasteiger partial charge on any atom is -0.872 e. The highest BCUT2D eigenvalue weighted by Gasteiger charge is 2.36. The molecule has 8 nitrogen and oxygen atoms in total. The van der Waals surface area contributed by atoms with Crippen LogP contribution in [-0.4, -0.2) is 38.0 Å². The average Bonchev–Trinajstić information content (AvgIpc) is 3.11. The predicted molar refractivity (Wildman–Crippen MR) is 193 cm³/mol. The first kappa shape index (κ1) is 35.1. The van der Waals surface area contributed by atoms with Crippen molar-refractivity contribution in [2.24, 2.45) is 0 Å². The maximum Gasteiger partial charge on any atom is 0.309 e. The van der Waals surface area contributed by atoms with Crippen LogP contribution < -0.4 is 9.59 Å². The Morgan fingerprint density at radius 3 is 1.28 bits per heavy atom. The molecule has 0 unspecified atom stereocenters. The summed E-state index contributed by atoms with van der Waals surface area (Å²) in [5.74, 6) is -1.16. The number of phenolic OH excluding ortho intramolecular Hbond substituents is 4. The van der Waals surface area contributed by atoms with Crippen molar-refractivity contribution < 1.29 is 35.4 Å². The van der Waals surface area contributed by atoms with Gasteiger partial charge in [-0.05, 0) is 66.6 Å². The minimum atomic E-state index is -0.791. The van der Waals surface area contributed by atoms with Gasteiger partial charge in [0, 0.05) is 25.0 Å². The van der Waals surface area contributed by atoms with Gasteiger partial charge in [-0.15, -0.1) is 5.75 Å². The first-order valence-corrected chi connectivity index (χ1v) is 16.1. The summed E-state index contributed by atoms with van der Waals surface area (Å²) in [4.78, 5) is 11.3. The third kappa shape index (κ3) is 8.24. The van der Waals surface area contributed by atoms with Gasteiger partial charge in [-0.2, -0.15) is 0 Å². The fourth-order valence-corrected chi connectivity index (χ4v) is 6.15. The summed E-state index contributed by atoms with van der Waals surface area (Å²) in [6, 6.07) is 42.4. The quantitative estimate of drug-likeness (QED) is 0.0926. The molecule has 0 bridgehead atoms. The fraction of sp³-hybridized carbons (Fsp3) is 0.119. The normalized spacial score (nSPS) is 11.0. The number of quaternary nitrogens is 1. The molecule has 0 aliphatic carbocycles. The van der Waals surface area contributed by atoms with Crippen LogP contribution in [0.1, 0.15) is 34.2 Å². The van der Waals surface area contributed by atoms with E-state index in [0.29, 0.717) is 33.3 Å². The van der Waals surface area contributed by atoms with Gasteiger partial charge in [-0.3, -0.25) is 4.79 Å². The van der Waals surface area contributed by atoms with Crippen LogP contribution in [-0.2, 0) is 17.6 Å². The summed E-state index contributed by atoms with van der Waals surface area (Å²) in [6.45, 7) is 2.33. The first-order chi connectivity index (χ1) is 24.1. The third-order valence-corrected chi connectivity index (χ3v) is 8.54. The number of hydrogen-bond donors (Lipinski definition) is 5. The molecule has 6 aromatic rings. The van der Waals surface area contributed by atoms with Crippen LogP contribution in [0.25, 0.3) is 0 Å². The zero-order valence-corrected chi connectivity index (χ0v) is 27.6. The molecule has 6 rings (SSSR count). The molecular formula is C42H39NO7. The standard InChI is InChI=1S/C21H19NO2.C21H20O5/c23-21(24)16-17-22(18-10-4-1-5-11-18,19-12-6-2-7-13-19)20-14-8-3-9-15-20;1-12-6-15(8-13-2-4-17(22)10-19(13)24)21(26)16(7-12)9-14-3-5-18(23)11-20(14)25/h1-15H,16-17H2;2-7,10-11,22-26H,8-9H2,1H3. The lowest BCUT2D eigenvalue weighted by atomic mass is 9.95. The van der Waals surface area contributed by atoms with Gasteiger partial charge in [0.05, 0.1) is 6.42 Å². The van der Waals surface area contributed by atoms with E-state index in [9.17, 15) is 35.4 Å². The van der Waals surface area contributed by atoms with Gasteiger partial charge in [0.2, 0.25) is 0 Å². The van der Waals surface area contributed by atoms with E-state index in [2.05, 4.69) is 36.4 Å². The Labute approximate surface area is 291 Å². The number of carboxylic acid groups (broad SMARTS) is 1. The summed E-state index contributed by atoms with van der Waals surface area (Å²) in [5, 5.41) is 60.8. The average molecular weight is 670 g/mol.